The highest BCUT2D eigenvalue weighted by Crippen LogP contribution is 2.24. The number of carbonyl (C=O) groups excluding carboxylic acids is 1. The van der Waals surface area contributed by atoms with Crippen molar-refractivity contribution in [1.29, 1.82) is 0 Å². The minimum atomic E-state index is -1.55. The molecule has 6 N–H and O–H groups in total. The first-order valence-corrected chi connectivity index (χ1v) is 31.2. The lowest BCUT2D eigenvalue weighted by Gasteiger charge is -2.40. The first-order valence-electron chi connectivity index (χ1n) is 31.2. The van der Waals surface area contributed by atoms with Gasteiger partial charge in [0, 0.05) is 6.42 Å². The van der Waals surface area contributed by atoms with Gasteiger partial charge in [0.05, 0.1) is 25.4 Å². The lowest BCUT2D eigenvalue weighted by Crippen LogP contribution is -2.60. The number of carbonyl (C=O) groups is 1. The summed E-state index contributed by atoms with van der Waals surface area (Å²) in [6.07, 6.45) is 55.7. The van der Waals surface area contributed by atoms with Gasteiger partial charge in [0.2, 0.25) is 5.91 Å². The molecule has 1 heterocycles. The van der Waals surface area contributed by atoms with Gasteiger partial charge in [-0.1, -0.05) is 309 Å². The van der Waals surface area contributed by atoms with E-state index in [1.54, 1.807) is 0 Å². The van der Waals surface area contributed by atoms with Crippen LogP contribution in [0.4, 0.5) is 0 Å². The molecule has 1 aliphatic rings. The maximum Gasteiger partial charge on any atom is 0.220 e. The van der Waals surface area contributed by atoms with Crippen LogP contribution in [-0.2, 0) is 14.3 Å². The number of aliphatic hydroxyl groups is 5. The van der Waals surface area contributed by atoms with Crippen LogP contribution in [0.3, 0.4) is 0 Å². The van der Waals surface area contributed by atoms with E-state index in [-0.39, 0.29) is 12.5 Å². The summed E-state index contributed by atoms with van der Waals surface area (Å²) in [4.78, 5) is 13.1. The Morgan fingerprint density at radius 1 is 0.429 bits per heavy atom. The summed E-state index contributed by atoms with van der Waals surface area (Å²) in [7, 11) is 0. The van der Waals surface area contributed by atoms with Crippen molar-refractivity contribution in [2.75, 3.05) is 13.2 Å². The second-order valence-electron chi connectivity index (χ2n) is 22.2. The Kier molecular flexibility index (Phi) is 49.6. The average molecular weight is 997 g/mol. The van der Waals surface area contributed by atoms with Crippen LogP contribution in [0, 0.1) is 0 Å². The third-order valence-electron chi connectivity index (χ3n) is 15.5. The molecule has 1 fully saturated rings. The van der Waals surface area contributed by atoms with Crippen molar-refractivity contribution in [2.45, 2.75) is 371 Å². The van der Waals surface area contributed by atoms with Crippen molar-refractivity contribution >= 4 is 5.91 Å². The Labute approximate surface area is 434 Å². The molecule has 0 aromatic heterocycles. The average Bonchev–Trinajstić information content (AvgIpc) is 3.36. The molecular formula is C61H121NO8. The first kappa shape index (κ1) is 67.2. The Bertz CT molecular complexity index is 1060. The van der Waals surface area contributed by atoms with Crippen LogP contribution in [0.1, 0.15) is 328 Å². The minimum Gasteiger partial charge on any atom is -0.394 e. The Balaban J connectivity index is 2.14. The van der Waals surface area contributed by atoms with E-state index >= 15 is 0 Å². The van der Waals surface area contributed by atoms with Gasteiger partial charge in [-0.2, -0.15) is 0 Å². The van der Waals surface area contributed by atoms with Gasteiger partial charge in [-0.25, -0.2) is 0 Å². The summed E-state index contributed by atoms with van der Waals surface area (Å²) < 4.78 is 11.3. The maximum atomic E-state index is 13.1. The molecule has 0 radical (unpaired) electrons. The van der Waals surface area contributed by atoms with Gasteiger partial charge < -0.3 is 40.3 Å². The van der Waals surface area contributed by atoms with Gasteiger partial charge in [-0.05, 0) is 12.8 Å². The maximum absolute atomic E-state index is 13.1. The lowest BCUT2D eigenvalue weighted by atomic mass is 9.99. The third-order valence-corrected chi connectivity index (χ3v) is 15.5. The van der Waals surface area contributed by atoms with Crippen LogP contribution >= 0.6 is 0 Å². The van der Waals surface area contributed by atoms with Crippen LogP contribution in [0.15, 0.2) is 0 Å². The molecule has 9 heteroatoms. The van der Waals surface area contributed by atoms with Crippen LogP contribution in [-0.4, -0.2) is 87.5 Å². The zero-order valence-corrected chi connectivity index (χ0v) is 46.6. The number of hydrogen-bond acceptors (Lipinski definition) is 8. The number of nitrogens with one attached hydrogen (secondary N) is 1. The minimum absolute atomic E-state index is 0.131. The molecule has 0 aliphatic carbocycles. The number of aliphatic hydroxyl groups excluding tert-OH is 5. The molecule has 70 heavy (non-hydrogen) atoms. The predicted octanol–water partition coefficient (Wildman–Crippen LogP) is 15.8. The van der Waals surface area contributed by atoms with Gasteiger partial charge in [0.25, 0.3) is 0 Å². The summed E-state index contributed by atoms with van der Waals surface area (Å²) in [5.74, 6) is -0.135. The molecule has 1 amide bonds. The molecular weight excluding hydrogens is 875 g/mol. The highest BCUT2D eigenvalue weighted by Gasteiger charge is 2.44. The summed E-state index contributed by atoms with van der Waals surface area (Å²) in [5, 5.41) is 54.8. The van der Waals surface area contributed by atoms with E-state index in [9.17, 15) is 30.3 Å². The van der Waals surface area contributed by atoms with Gasteiger partial charge in [0.15, 0.2) is 6.29 Å². The van der Waals surface area contributed by atoms with E-state index in [1.165, 1.54) is 263 Å². The van der Waals surface area contributed by atoms with Crippen LogP contribution in [0.5, 0.6) is 0 Å². The van der Waals surface area contributed by atoms with E-state index in [4.69, 9.17) is 9.47 Å². The zero-order valence-electron chi connectivity index (χ0n) is 46.6. The number of ether oxygens (including phenoxy) is 2. The molecule has 418 valence electrons. The summed E-state index contributed by atoms with van der Waals surface area (Å²) >= 11 is 0. The third kappa shape index (κ3) is 40.6. The molecule has 0 saturated carbocycles. The predicted molar refractivity (Wildman–Crippen MR) is 295 cm³/mol. The standard InChI is InChI=1S/C61H121NO8/c1-3-5-7-9-11-13-15-17-19-21-23-25-26-27-28-29-30-31-33-35-37-39-41-43-45-47-49-51-57(65)62-54(53-69-61-60(68)59(67)58(66)56(52-63)70-61)55(64)50-48-46-44-42-40-38-36-34-32-24-22-20-18-16-14-12-10-8-6-4-2/h54-56,58-61,63-64,66-68H,3-53H2,1-2H3,(H,62,65). The molecule has 1 saturated heterocycles. The molecule has 0 bridgehead atoms. The molecule has 0 aromatic rings. The smallest absolute Gasteiger partial charge is 0.220 e. The molecule has 9 nitrogen and oxygen atoms in total. The van der Waals surface area contributed by atoms with Crippen molar-refractivity contribution in [3.8, 4) is 0 Å². The van der Waals surface area contributed by atoms with Crippen LogP contribution in [0.2, 0.25) is 0 Å². The highest BCUT2D eigenvalue weighted by atomic mass is 16.7. The van der Waals surface area contributed by atoms with Gasteiger partial charge in [-0.3, -0.25) is 4.79 Å². The van der Waals surface area contributed by atoms with E-state index in [1.807, 2.05) is 0 Å². The largest absolute Gasteiger partial charge is 0.394 e. The van der Waals surface area contributed by atoms with Crippen molar-refractivity contribution in [2.24, 2.45) is 0 Å². The van der Waals surface area contributed by atoms with Gasteiger partial charge in [-0.15, -0.1) is 0 Å². The fourth-order valence-electron chi connectivity index (χ4n) is 10.5. The number of unbranched alkanes of at least 4 members (excludes halogenated alkanes) is 45. The van der Waals surface area contributed by atoms with Crippen molar-refractivity contribution in [1.82, 2.24) is 5.32 Å². The fraction of sp³-hybridized carbons (Fsp3) is 0.984. The summed E-state index contributed by atoms with van der Waals surface area (Å²) in [6, 6.07) is -0.714. The van der Waals surface area contributed by atoms with E-state index in [0.717, 1.165) is 38.5 Å². The molecule has 7 atom stereocenters. The normalized spacial score (nSPS) is 19.2. The summed E-state index contributed by atoms with van der Waals surface area (Å²) in [6.45, 7) is 3.90. The molecule has 0 aromatic carbocycles. The second-order valence-corrected chi connectivity index (χ2v) is 22.2. The number of rotatable bonds is 55. The number of amides is 1. The lowest BCUT2D eigenvalue weighted by molar-refractivity contribution is -0.302. The molecule has 1 aliphatic heterocycles. The van der Waals surface area contributed by atoms with Crippen molar-refractivity contribution in [3.63, 3.8) is 0 Å². The molecule has 7 unspecified atom stereocenters. The monoisotopic (exact) mass is 996 g/mol. The van der Waals surface area contributed by atoms with Crippen molar-refractivity contribution in [3.05, 3.63) is 0 Å². The van der Waals surface area contributed by atoms with E-state index in [2.05, 4.69) is 19.2 Å². The van der Waals surface area contributed by atoms with E-state index < -0.39 is 49.5 Å². The zero-order chi connectivity index (χ0) is 50.8. The SMILES string of the molecule is CCCCCCCCCCCCCCCCCCCCCCCCCCCCCC(=O)NC(COC1OC(CO)C(O)C(O)C1O)C(O)CCCCCCCCCCCCCCCCCCCCCC. The highest BCUT2D eigenvalue weighted by molar-refractivity contribution is 5.76. The fourth-order valence-corrected chi connectivity index (χ4v) is 10.5. The molecule has 1 rings (SSSR count). The Hall–Kier alpha value is -0.810. The van der Waals surface area contributed by atoms with Crippen LogP contribution in [0.25, 0.3) is 0 Å². The molecule has 0 spiro atoms. The summed E-state index contributed by atoms with van der Waals surface area (Å²) in [5.41, 5.74) is 0. The van der Waals surface area contributed by atoms with Gasteiger partial charge >= 0.3 is 0 Å². The first-order chi connectivity index (χ1) is 34.3. The second kappa shape index (κ2) is 51.7. The topological polar surface area (TPSA) is 149 Å². The Morgan fingerprint density at radius 2 is 0.714 bits per heavy atom. The van der Waals surface area contributed by atoms with Crippen molar-refractivity contribution < 1.29 is 39.8 Å². The quantitative estimate of drug-likeness (QED) is 0.0330. The number of hydrogen-bond donors (Lipinski definition) is 6. The van der Waals surface area contributed by atoms with Crippen LogP contribution < -0.4 is 5.32 Å². The van der Waals surface area contributed by atoms with Gasteiger partial charge in [0.1, 0.15) is 24.4 Å². The van der Waals surface area contributed by atoms with E-state index in [0.29, 0.717) is 12.8 Å². The Morgan fingerprint density at radius 3 is 1.01 bits per heavy atom.